The minimum atomic E-state index is -1.14. The zero-order valence-electron chi connectivity index (χ0n) is 14.0. The number of benzene rings is 2. The summed E-state index contributed by atoms with van der Waals surface area (Å²) in [7, 11) is 1.42. The maximum absolute atomic E-state index is 11.6. The van der Waals surface area contributed by atoms with Gasteiger partial charge in [0.25, 0.3) is 0 Å². The van der Waals surface area contributed by atoms with Gasteiger partial charge in [-0.25, -0.2) is 4.79 Å². The average Bonchev–Trinajstić information content (AvgIpc) is 3.15. The highest BCUT2D eigenvalue weighted by Gasteiger charge is 2.23. The maximum atomic E-state index is 11.6. The molecule has 0 radical (unpaired) electrons. The molecule has 0 bridgehead atoms. The summed E-state index contributed by atoms with van der Waals surface area (Å²) in [6, 6.07) is 15.5. The molecule has 0 saturated carbocycles. The van der Waals surface area contributed by atoms with E-state index >= 15 is 0 Å². The molecule has 0 unspecified atom stereocenters. The zero-order valence-corrected chi connectivity index (χ0v) is 14.0. The zero-order chi connectivity index (χ0) is 18.5. The highest BCUT2D eigenvalue weighted by atomic mass is 16.5. The first-order valence-corrected chi connectivity index (χ1v) is 7.80. The fraction of sp³-hybridized carbons (Fsp3) is 0.100. The molecule has 0 amide bonds. The standard InChI is InChI=1S/C20H16O6/c1-24-19-17(25-12-13-5-3-2-4-6-13)10-8-15(20(22)23)18(19)16-9-7-14(11-21)26-16/h2-11H,12H2,1H3,(H,22,23). The molecule has 0 aliphatic carbocycles. The Morgan fingerprint density at radius 3 is 2.50 bits per heavy atom. The van der Waals surface area contributed by atoms with E-state index in [1.54, 1.807) is 0 Å². The van der Waals surface area contributed by atoms with Gasteiger partial charge in [-0.05, 0) is 29.8 Å². The summed E-state index contributed by atoms with van der Waals surface area (Å²) >= 11 is 0. The lowest BCUT2D eigenvalue weighted by Gasteiger charge is -2.15. The fourth-order valence-corrected chi connectivity index (χ4v) is 2.59. The third-order valence-corrected chi connectivity index (χ3v) is 3.78. The van der Waals surface area contributed by atoms with Crippen LogP contribution in [-0.4, -0.2) is 24.5 Å². The van der Waals surface area contributed by atoms with Gasteiger partial charge in [0.2, 0.25) is 0 Å². The van der Waals surface area contributed by atoms with Crippen molar-refractivity contribution in [1.82, 2.24) is 0 Å². The minimum absolute atomic E-state index is 0.0132. The summed E-state index contributed by atoms with van der Waals surface area (Å²) in [6.45, 7) is 0.292. The lowest BCUT2D eigenvalue weighted by atomic mass is 10.0. The molecule has 1 N–H and O–H groups in total. The Morgan fingerprint density at radius 2 is 1.88 bits per heavy atom. The molecule has 3 rings (SSSR count). The van der Waals surface area contributed by atoms with Gasteiger partial charge in [0.15, 0.2) is 23.5 Å². The number of carbonyl (C=O) groups excluding carboxylic acids is 1. The first-order valence-electron chi connectivity index (χ1n) is 7.80. The molecule has 0 aliphatic heterocycles. The highest BCUT2D eigenvalue weighted by Crippen LogP contribution is 2.41. The largest absolute Gasteiger partial charge is 0.492 e. The molecule has 26 heavy (non-hydrogen) atoms. The first kappa shape index (κ1) is 17.3. The molecule has 0 saturated heterocycles. The van der Waals surface area contributed by atoms with E-state index in [0.717, 1.165) is 5.56 Å². The SMILES string of the molecule is COc1c(OCc2ccccc2)ccc(C(=O)O)c1-c1ccc(C=O)o1. The van der Waals surface area contributed by atoms with Crippen LogP contribution in [0.4, 0.5) is 0 Å². The van der Waals surface area contributed by atoms with Crippen molar-refractivity contribution in [2.75, 3.05) is 7.11 Å². The number of rotatable bonds is 7. The van der Waals surface area contributed by atoms with Crippen molar-refractivity contribution in [2.45, 2.75) is 6.61 Å². The average molecular weight is 352 g/mol. The summed E-state index contributed by atoms with van der Waals surface area (Å²) in [5, 5.41) is 9.50. The topological polar surface area (TPSA) is 86.0 Å². The van der Waals surface area contributed by atoms with Gasteiger partial charge < -0.3 is 19.0 Å². The number of hydrogen-bond donors (Lipinski definition) is 1. The van der Waals surface area contributed by atoms with Crippen molar-refractivity contribution in [1.29, 1.82) is 0 Å². The summed E-state index contributed by atoms with van der Waals surface area (Å²) in [6.07, 6.45) is 0.548. The third kappa shape index (κ3) is 3.44. The predicted octanol–water partition coefficient (Wildman–Crippen LogP) is 4.04. The van der Waals surface area contributed by atoms with Gasteiger partial charge >= 0.3 is 5.97 Å². The van der Waals surface area contributed by atoms with Gasteiger partial charge in [-0.2, -0.15) is 0 Å². The molecule has 0 aliphatic rings. The number of carboxylic acid groups (broad SMARTS) is 1. The Morgan fingerprint density at radius 1 is 1.12 bits per heavy atom. The monoisotopic (exact) mass is 352 g/mol. The number of carbonyl (C=O) groups is 2. The van der Waals surface area contributed by atoms with Crippen LogP contribution in [0.5, 0.6) is 11.5 Å². The van der Waals surface area contributed by atoms with Crippen molar-refractivity contribution in [3.8, 4) is 22.8 Å². The number of methoxy groups -OCH3 is 1. The van der Waals surface area contributed by atoms with E-state index in [-0.39, 0.29) is 28.4 Å². The molecule has 132 valence electrons. The summed E-state index contributed by atoms with van der Waals surface area (Å²) in [5.41, 5.74) is 1.17. The summed E-state index contributed by atoms with van der Waals surface area (Å²) in [5.74, 6) is -0.231. The normalized spacial score (nSPS) is 10.3. The van der Waals surface area contributed by atoms with Gasteiger partial charge in [-0.1, -0.05) is 30.3 Å². The molecule has 0 atom stereocenters. The van der Waals surface area contributed by atoms with Gasteiger partial charge in [-0.15, -0.1) is 0 Å². The molecular weight excluding hydrogens is 336 g/mol. The Balaban J connectivity index is 2.04. The van der Waals surface area contributed by atoms with E-state index < -0.39 is 5.97 Å². The van der Waals surface area contributed by atoms with Crippen LogP contribution in [0.15, 0.2) is 59.0 Å². The van der Waals surface area contributed by atoms with Crippen LogP contribution < -0.4 is 9.47 Å². The molecule has 0 fully saturated rings. The number of aromatic carboxylic acids is 1. The van der Waals surface area contributed by atoms with Gasteiger partial charge in [-0.3, -0.25) is 4.79 Å². The van der Waals surface area contributed by atoms with Gasteiger partial charge in [0, 0.05) is 0 Å². The Bertz CT molecular complexity index is 927. The lowest BCUT2D eigenvalue weighted by Crippen LogP contribution is -2.04. The van der Waals surface area contributed by atoms with Crippen LogP contribution in [0.2, 0.25) is 0 Å². The third-order valence-electron chi connectivity index (χ3n) is 3.78. The molecule has 0 spiro atoms. The van der Waals surface area contributed by atoms with Crippen LogP contribution in [0, 0.1) is 0 Å². The molecule has 2 aromatic carbocycles. The maximum Gasteiger partial charge on any atom is 0.336 e. The number of furan rings is 1. The first-order chi connectivity index (χ1) is 12.6. The van der Waals surface area contributed by atoms with Crippen LogP contribution in [0.3, 0.4) is 0 Å². The van der Waals surface area contributed by atoms with Gasteiger partial charge in [0.05, 0.1) is 18.2 Å². The second-order valence-electron chi connectivity index (χ2n) is 5.42. The predicted molar refractivity (Wildman–Crippen MR) is 93.8 cm³/mol. The molecule has 6 nitrogen and oxygen atoms in total. The Hall–Kier alpha value is -3.54. The number of ether oxygens (including phenoxy) is 2. The smallest absolute Gasteiger partial charge is 0.336 e. The fourth-order valence-electron chi connectivity index (χ4n) is 2.59. The second-order valence-corrected chi connectivity index (χ2v) is 5.42. The van der Waals surface area contributed by atoms with Crippen molar-refractivity contribution >= 4 is 12.3 Å². The van der Waals surface area contributed by atoms with E-state index in [9.17, 15) is 14.7 Å². The van der Waals surface area contributed by atoms with Crippen molar-refractivity contribution in [2.24, 2.45) is 0 Å². The van der Waals surface area contributed by atoms with E-state index in [2.05, 4.69) is 0 Å². The number of hydrogen-bond acceptors (Lipinski definition) is 5. The molecule has 3 aromatic rings. The van der Waals surface area contributed by atoms with Gasteiger partial charge in [0.1, 0.15) is 12.4 Å². The Labute approximate surface area is 149 Å². The van der Waals surface area contributed by atoms with E-state index in [1.165, 1.54) is 31.4 Å². The van der Waals surface area contributed by atoms with Crippen molar-refractivity contribution in [3.05, 3.63) is 71.5 Å². The summed E-state index contributed by atoms with van der Waals surface area (Å²) in [4.78, 5) is 22.5. The van der Waals surface area contributed by atoms with Crippen LogP contribution in [0.1, 0.15) is 26.5 Å². The molecule has 6 heteroatoms. The van der Waals surface area contributed by atoms with E-state index in [1.807, 2.05) is 30.3 Å². The van der Waals surface area contributed by atoms with E-state index in [0.29, 0.717) is 18.6 Å². The lowest BCUT2D eigenvalue weighted by molar-refractivity contribution is 0.0697. The van der Waals surface area contributed by atoms with Crippen molar-refractivity contribution in [3.63, 3.8) is 0 Å². The number of aldehydes is 1. The number of carboxylic acids is 1. The molecular formula is C20H16O6. The quantitative estimate of drug-likeness (QED) is 0.646. The van der Waals surface area contributed by atoms with Crippen LogP contribution in [-0.2, 0) is 6.61 Å². The van der Waals surface area contributed by atoms with Crippen LogP contribution in [0.25, 0.3) is 11.3 Å². The van der Waals surface area contributed by atoms with E-state index in [4.69, 9.17) is 13.9 Å². The minimum Gasteiger partial charge on any atom is -0.492 e. The molecule has 1 aromatic heterocycles. The highest BCUT2D eigenvalue weighted by molar-refractivity contribution is 5.98. The Kier molecular flexibility index (Phi) is 5.03. The molecule has 1 heterocycles. The van der Waals surface area contributed by atoms with Crippen LogP contribution >= 0.6 is 0 Å². The van der Waals surface area contributed by atoms with Crippen molar-refractivity contribution < 1.29 is 28.6 Å². The second kappa shape index (κ2) is 7.57. The summed E-state index contributed by atoms with van der Waals surface area (Å²) < 4.78 is 16.6.